The number of aliphatic carboxylic acids is 1. The van der Waals surface area contributed by atoms with Crippen molar-refractivity contribution in [2.45, 2.75) is 38.3 Å². The van der Waals surface area contributed by atoms with Crippen LogP contribution in [0.25, 0.3) is 0 Å². The van der Waals surface area contributed by atoms with Crippen LogP contribution in [0.2, 0.25) is 0 Å². The molecule has 5 heteroatoms. The van der Waals surface area contributed by atoms with Crippen molar-refractivity contribution in [3.63, 3.8) is 0 Å². The second-order valence-electron chi connectivity index (χ2n) is 3.71. The number of likely N-dealkylation sites (tertiary alicyclic amines) is 1. The highest BCUT2D eigenvalue weighted by molar-refractivity contribution is 5.79. The van der Waals surface area contributed by atoms with Crippen LogP contribution in [0.5, 0.6) is 0 Å². The molecule has 0 aromatic rings. The van der Waals surface area contributed by atoms with Gasteiger partial charge in [-0.15, -0.1) is 0 Å². The van der Waals surface area contributed by atoms with E-state index in [0.29, 0.717) is 0 Å². The Morgan fingerprint density at radius 1 is 1.64 bits per heavy atom. The summed E-state index contributed by atoms with van der Waals surface area (Å²) >= 11 is 0. The fourth-order valence-corrected chi connectivity index (χ4v) is 1.95. The number of primary amides is 1. The zero-order valence-electron chi connectivity index (χ0n) is 8.27. The molecule has 2 atom stereocenters. The first-order valence-electron chi connectivity index (χ1n) is 4.79. The Kier molecular flexibility index (Phi) is 3.46. The molecule has 0 aliphatic carbocycles. The molecular weight excluding hydrogens is 184 g/mol. The van der Waals surface area contributed by atoms with Gasteiger partial charge in [-0.05, 0) is 26.3 Å². The molecule has 0 aromatic carbocycles. The Hall–Kier alpha value is -1.10. The van der Waals surface area contributed by atoms with Crippen LogP contribution in [0.4, 0.5) is 0 Å². The third-order valence-corrected chi connectivity index (χ3v) is 2.74. The lowest BCUT2D eigenvalue weighted by atomic mass is 10.1. The van der Waals surface area contributed by atoms with Crippen molar-refractivity contribution in [2.75, 3.05) is 6.54 Å². The number of hydrogen-bond donors (Lipinski definition) is 2. The maximum absolute atomic E-state index is 11.0. The van der Waals surface area contributed by atoms with Gasteiger partial charge < -0.3 is 10.8 Å². The average Bonchev–Trinajstić information content (AvgIpc) is 2.49. The molecule has 0 spiro atoms. The van der Waals surface area contributed by atoms with Crippen LogP contribution in [-0.2, 0) is 9.59 Å². The number of amides is 1. The van der Waals surface area contributed by atoms with E-state index >= 15 is 0 Å². The molecule has 1 aliphatic heterocycles. The van der Waals surface area contributed by atoms with E-state index in [2.05, 4.69) is 0 Å². The van der Waals surface area contributed by atoms with Crippen LogP contribution < -0.4 is 5.73 Å². The van der Waals surface area contributed by atoms with Crippen LogP contribution in [0, 0.1) is 0 Å². The zero-order chi connectivity index (χ0) is 10.7. The molecule has 2 unspecified atom stereocenters. The fourth-order valence-electron chi connectivity index (χ4n) is 1.95. The van der Waals surface area contributed by atoms with E-state index in [1.54, 1.807) is 6.92 Å². The molecule has 0 radical (unpaired) electrons. The van der Waals surface area contributed by atoms with Crippen molar-refractivity contribution in [1.29, 1.82) is 0 Å². The number of carboxylic acid groups (broad SMARTS) is 1. The average molecular weight is 200 g/mol. The van der Waals surface area contributed by atoms with Gasteiger partial charge in [0.2, 0.25) is 5.91 Å². The van der Waals surface area contributed by atoms with Gasteiger partial charge in [-0.1, -0.05) is 0 Å². The molecule has 5 nitrogen and oxygen atoms in total. The van der Waals surface area contributed by atoms with Gasteiger partial charge in [0, 0.05) is 6.04 Å². The van der Waals surface area contributed by atoms with E-state index in [4.69, 9.17) is 10.8 Å². The Morgan fingerprint density at radius 3 is 2.79 bits per heavy atom. The molecular formula is C9H16N2O3. The molecule has 0 aromatic heterocycles. The van der Waals surface area contributed by atoms with E-state index in [-0.39, 0.29) is 24.4 Å². The molecule has 0 bridgehead atoms. The van der Waals surface area contributed by atoms with E-state index in [0.717, 1.165) is 19.4 Å². The molecule has 1 rings (SSSR count). The molecule has 3 N–H and O–H groups in total. The first-order valence-corrected chi connectivity index (χ1v) is 4.79. The van der Waals surface area contributed by atoms with Crippen LogP contribution in [0.15, 0.2) is 0 Å². The zero-order valence-corrected chi connectivity index (χ0v) is 8.27. The molecule has 80 valence electrons. The van der Waals surface area contributed by atoms with Gasteiger partial charge in [-0.3, -0.25) is 14.5 Å². The topological polar surface area (TPSA) is 83.6 Å². The third-order valence-electron chi connectivity index (χ3n) is 2.74. The lowest BCUT2D eigenvalue weighted by molar-refractivity contribution is -0.139. The molecule has 1 fully saturated rings. The van der Waals surface area contributed by atoms with Crippen LogP contribution >= 0.6 is 0 Å². The first kappa shape index (κ1) is 11.0. The quantitative estimate of drug-likeness (QED) is 0.658. The van der Waals surface area contributed by atoms with Crippen molar-refractivity contribution < 1.29 is 14.7 Å². The second-order valence-corrected chi connectivity index (χ2v) is 3.71. The van der Waals surface area contributed by atoms with Gasteiger partial charge in [-0.25, -0.2) is 0 Å². The predicted molar refractivity (Wildman–Crippen MR) is 50.6 cm³/mol. The van der Waals surface area contributed by atoms with Gasteiger partial charge in [-0.2, -0.15) is 0 Å². The Balaban J connectivity index is 2.58. The normalized spacial score (nSPS) is 24.8. The molecule has 1 saturated heterocycles. The van der Waals surface area contributed by atoms with Crippen molar-refractivity contribution in [3.8, 4) is 0 Å². The Labute approximate surface area is 82.9 Å². The number of carbonyl (C=O) groups excluding carboxylic acids is 1. The van der Waals surface area contributed by atoms with E-state index < -0.39 is 5.97 Å². The van der Waals surface area contributed by atoms with E-state index in [1.165, 1.54) is 0 Å². The minimum Gasteiger partial charge on any atom is -0.481 e. The summed E-state index contributed by atoms with van der Waals surface area (Å²) in [5, 5.41) is 8.67. The maximum atomic E-state index is 11.0. The van der Waals surface area contributed by atoms with Crippen molar-refractivity contribution in [2.24, 2.45) is 5.73 Å². The van der Waals surface area contributed by atoms with Crippen molar-refractivity contribution in [3.05, 3.63) is 0 Å². The predicted octanol–water partition coefficient (Wildman–Crippen LogP) is -0.201. The summed E-state index contributed by atoms with van der Waals surface area (Å²) in [4.78, 5) is 23.4. The minimum absolute atomic E-state index is 0.0324. The number of nitrogens with zero attached hydrogens (tertiary/aromatic N) is 1. The van der Waals surface area contributed by atoms with Crippen LogP contribution in [-0.4, -0.2) is 40.5 Å². The van der Waals surface area contributed by atoms with Crippen LogP contribution in [0.1, 0.15) is 26.2 Å². The monoisotopic (exact) mass is 200 g/mol. The lowest BCUT2D eigenvalue weighted by Gasteiger charge is -2.27. The van der Waals surface area contributed by atoms with Gasteiger partial charge in [0.15, 0.2) is 0 Å². The van der Waals surface area contributed by atoms with Crippen LogP contribution in [0.3, 0.4) is 0 Å². The first-order chi connectivity index (χ1) is 6.52. The number of carbonyl (C=O) groups is 2. The van der Waals surface area contributed by atoms with E-state index in [1.807, 2.05) is 4.90 Å². The minimum atomic E-state index is -0.821. The smallest absolute Gasteiger partial charge is 0.304 e. The largest absolute Gasteiger partial charge is 0.481 e. The summed E-state index contributed by atoms with van der Waals surface area (Å²) in [6.07, 6.45) is 1.87. The number of nitrogens with two attached hydrogens (primary N) is 1. The van der Waals surface area contributed by atoms with Crippen molar-refractivity contribution >= 4 is 11.9 Å². The van der Waals surface area contributed by atoms with Gasteiger partial charge in [0.05, 0.1) is 12.5 Å². The Morgan fingerprint density at radius 2 is 2.29 bits per heavy atom. The van der Waals surface area contributed by atoms with Crippen molar-refractivity contribution in [1.82, 2.24) is 4.90 Å². The number of carboxylic acids is 1. The summed E-state index contributed by atoms with van der Waals surface area (Å²) < 4.78 is 0. The second kappa shape index (κ2) is 4.41. The highest BCUT2D eigenvalue weighted by atomic mass is 16.4. The summed E-state index contributed by atoms with van der Waals surface area (Å²) in [5.41, 5.74) is 5.18. The number of rotatable bonds is 4. The lowest BCUT2D eigenvalue weighted by Crippen LogP contribution is -2.45. The summed E-state index contributed by atoms with van der Waals surface area (Å²) in [6.45, 7) is 2.49. The van der Waals surface area contributed by atoms with E-state index in [9.17, 15) is 9.59 Å². The Bertz CT molecular complexity index is 242. The van der Waals surface area contributed by atoms with Gasteiger partial charge >= 0.3 is 5.97 Å². The summed E-state index contributed by atoms with van der Waals surface area (Å²) in [5.74, 6) is -1.21. The molecule has 1 aliphatic rings. The highest BCUT2D eigenvalue weighted by Crippen LogP contribution is 2.22. The molecule has 0 saturated carbocycles. The molecule has 1 amide bonds. The molecule has 1 heterocycles. The maximum Gasteiger partial charge on any atom is 0.304 e. The third kappa shape index (κ3) is 2.45. The fraction of sp³-hybridized carbons (Fsp3) is 0.778. The number of hydrogen-bond acceptors (Lipinski definition) is 3. The summed E-state index contributed by atoms with van der Waals surface area (Å²) in [7, 11) is 0. The SMILES string of the molecule is CC(C(N)=O)N1CCCC1CC(=O)O. The summed E-state index contributed by atoms with van der Waals surface area (Å²) in [6, 6.07) is -0.392. The van der Waals surface area contributed by atoms with Gasteiger partial charge in [0.25, 0.3) is 0 Å². The van der Waals surface area contributed by atoms with Gasteiger partial charge in [0.1, 0.15) is 0 Å². The standard InChI is InChI=1S/C9H16N2O3/c1-6(9(10)14)11-4-2-3-7(11)5-8(12)13/h6-7H,2-5H2,1H3,(H2,10,14)(H,12,13). The highest BCUT2D eigenvalue weighted by Gasteiger charge is 2.32. The molecule has 14 heavy (non-hydrogen) atoms.